The van der Waals surface area contributed by atoms with Crippen LogP contribution in [0.25, 0.3) is 109 Å². The summed E-state index contributed by atoms with van der Waals surface area (Å²) in [5, 5.41) is 7.53. The van der Waals surface area contributed by atoms with Crippen LogP contribution in [0.4, 0.5) is 0 Å². The van der Waals surface area contributed by atoms with E-state index in [1.165, 1.54) is 58.4 Å². The number of hydrogen-bond donors (Lipinski definition) is 0. The summed E-state index contributed by atoms with van der Waals surface area (Å²) in [5.74, 6) is 1.94. The Morgan fingerprint density at radius 3 is 1.58 bits per heavy atom. The van der Waals surface area contributed by atoms with Crippen molar-refractivity contribution in [3.8, 4) is 45.5 Å². The topological polar surface area (TPSA) is 48.5 Å². The van der Waals surface area contributed by atoms with Gasteiger partial charge in [0.1, 0.15) is 0 Å². The van der Waals surface area contributed by atoms with Crippen molar-refractivity contribution in [3.05, 3.63) is 188 Å². The standard InChI is InChI=1S/C51H31N5S/c1-3-14-32(15-4-1)49-52-50(33-16-5-2-6-17-33)54-51(53-49)34-26-28-35(29-27-34)55-42-23-11-8-20-40(42)46-43(55)31-30-38-36-18-7-10-22-41(36)56(47(38)46)44-24-13-21-39-37-19-9-12-25-45(37)57-48(39)44/h1-31H. The van der Waals surface area contributed by atoms with Crippen LogP contribution in [-0.4, -0.2) is 24.1 Å². The van der Waals surface area contributed by atoms with E-state index in [1.807, 2.05) is 72.0 Å². The van der Waals surface area contributed by atoms with E-state index in [2.05, 4.69) is 137 Å². The molecule has 4 aromatic heterocycles. The third-order valence-corrected chi connectivity index (χ3v) is 12.4. The predicted molar refractivity (Wildman–Crippen MR) is 238 cm³/mol. The monoisotopic (exact) mass is 745 g/mol. The fourth-order valence-corrected chi connectivity index (χ4v) is 9.85. The maximum absolute atomic E-state index is 4.99. The molecule has 0 aliphatic rings. The maximum atomic E-state index is 4.99. The van der Waals surface area contributed by atoms with E-state index in [-0.39, 0.29) is 0 Å². The lowest BCUT2D eigenvalue weighted by Gasteiger charge is -2.12. The number of rotatable bonds is 5. The van der Waals surface area contributed by atoms with Gasteiger partial charge in [0.05, 0.1) is 32.5 Å². The van der Waals surface area contributed by atoms with Gasteiger partial charge in [0.25, 0.3) is 0 Å². The van der Waals surface area contributed by atoms with Crippen molar-refractivity contribution < 1.29 is 0 Å². The molecule has 0 saturated carbocycles. The molecule has 8 aromatic carbocycles. The van der Waals surface area contributed by atoms with E-state index >= 15 is 0 Å². The highest BCUT2D eigenvalue weighted by atomic mass is 32.1. The van der Waals surface area contributed by atoms with Gasteiger partial charge < -0.3 is 9.13 Å². The molecule has 0 amide bonds. The summed E-state index contributed by atoms with van der Waals surface area (Å²) >= 11 is 1.87. The van der Waals surface area contributed by atoms with Crippen molar-refractivity contribution in [3.63, 3.8) is 0 Å². The Morgan fingerprint density at radius 2 is 0.895 bits per heavy atom. The molecule has 57 heavy (non-hydrogen) atoms. The molecule has 0 spiro atoms. The van der Waals surface area contributed by atoms with E-state index in [4.69, 9.17) is 15.0 Å². The second-order valence-corrected chi connectivity index (χ2v) is 15.5. The second-order valence-electron chi connectivity index (χ2n) is 14.4. The van der Waals surface area contributed by atoms with Crippen LogP contribution in [0, 0.1) is 0 Å². The van der Waals surface area contributed by atoms with Gasteiger partial charge >= 0.3 is 0 Å². The van der Waals surface area contributed by atoms with E-state index < -0.39 is 0 Å². The highest BCUT2D eigenvalue weighted by Gasteiger charge is 2.22. The van der Waals surface area contributed by atoms with Gasteiger partial charge in [-0.05, 0) is 54.6 Å². The number of hydrogen-bond acceptors (Lipinski definition) is 4. The molecule has 4 heterocycles. The Morgan fingerprint density at radius 1 is 0.351 bits per heavy atom. The Hall–Kier alpha value is -7.41. The molecule has 0 bridgehead atoms. The minimum absolute atomic E-state index is 0.637. The zero-order valence-corrected chi connectivity index (χ0v) is 31.4. The van der Waals surface area contributed by atoms with Gasteiger partial charge in [-0.25, -0.2) is 15.0 Å². The van der Waals surface area contributed by atoms with Crippen molar-refractivity contribution >= 4 is 75.1 Å². The van der Waals surface area contributed by atoms with Crippen LogP contribution in [0.5, 0.6) is 0 Å². The van der Waals surface area contributed by atoms with Crippen LogP contribution in [0.2, 0.25) is 0 Å². The SMILES string of the molecule is c1ccc(-c2nc(-c3ccccc3)nc(-c3ccc(-n4c5ccccc5c5c4ccc4c6ccccc6n(-c6cccc7c6sc6ccccc67)c45)cc3)n2)cc1. The summed E-state index contributed by atoms with van der Waals surface area (Å²) in [6.07, 6.45) is 0. The lowest BCUT2D eigenvalue weighted by atomic mass is 10.1. The van der Waals surface area contributed by atoms with Crippen molar-refractivity contribution in [1.29, 1.82) is 0 Å². The highest BCUT2D eigenvalue weighted by Crippen LogP contribution is 2.45. The largest absolute Gasteiger partial charge is 0.309 e. The first-order valence-electron chi connectivity index (χ1n) is 19.1. The molecule has 266 valence electrons. The summed E-state index contributed by atoms with van der Waals surface area (Å²) in [4.78, 5) is 14.9. The Labute approximate surface area is 331 Å². The van der Waals surface area contributed by atoms with Crippen molar-refractivity contribution in [2.24, 2.45) is 0 Å². The number of aromatic nitrogens is 5. The summed E-state index contributed by atoms with van der Waals surface area (Å²) in [6.45, 7) is 0. The molecule has 0 unspecified atom stereocenters. The molecule has 0 saturated heterocycles. The first-order chi connectivity index (χ1) is 28.3. The van der Waals surface area contributed by atoms with Gasteiger partial charge in [0.2, 0.25) is 0 Å². The molecule has 0 N–H and O–H groups in total. The smallest absolute Gasteiger partial charge is 0.164 e. The van der Waals surface area contributed by atoms with Crippen LogP contribution in [0.15, 0.2) is 188 Å². The average Bonchev–Trinajstić information content (AvgIpc) is 3.95. The Bertz CT molecular complexity index is 3450. The van der Waals surface area contributed by atoms with Gasteiger partial charge in [-0.3, -0.25) is 0 Å². The van der Waals surface area contributed by atoms with Crippen molar-refractivity contribution in [2.45, 2.75) is 0 Å². The molecular weight excluding hydrogens is 715 g/mol. The third-order valence-electron chi connectivity index (χ3n) is 11.2. The van der Waals surface area contributed by atoms with Gasteiger partial charge in [0.15, 0.2) is 17.5 Å². The summed E-state index contributed by atoms with van der Waals surface area (Å²) in [5.41, 5.74) is 9.83. The predicted octanol–water partition coefficient (Wildman–Crippen LogP) is 13.4. The van der Waals surface area contributed by atoms with Crippen LogP contribution < -0.4 is 0 Å². The first-order valence-corrected chi connectivity index (χ1v) is 19.9. The van der Waals surface area contributed by atoms with E-state index in [9.17, 15) is 0 Å². The van der Waals surface area contributed by atoms with Gasteiger partial charge in [-0.1, -0.05) is 133 Å². The molecule has 12 rings (SSSR count). The second kappa shape index (κ2) is 12.6. The fraction of sp³-hybridized carbons (Fsp3) is 0. The normalized spacial score (nSPS) is 11.9. The number of para-hydroxylation sites is 2. The first kappa shape index (κ1) is 31.9. The van der Waals surface area contributed by atoms with E-state index in [0.29, 0.717) is 17.5 Å². The summed E-state index contributed by atoms with van der Waals surface area (Å²) in [7, 11) is 0. The van der Waals surface area contributed by atoms with Crippen LogP contribution in [-0.2, 0) is 0 Å². The zero-order valence-electron chi connectivity index (χ0n) is 30.5. The van der Waals surface area contributed by atoms with Gasteiger partial charge in [0, 0.05) is 59.4 Å². The Kier molecular flexibility index (Phi) is 7.03. The molecule has 0 radical (unpaired) electrons. The highest BCUT2D eigenvalue weighted by molar-refractivity contribution is 7.26. The zero-order chi connectivity index (χ0) is 37.5. The molecular formula is C51H31N5S. The molecule has 12 aromatic rings. The summed E-state index contributed by atoms with van der Waals surface area (Å²) in [6, 6.07) is 66.6. The van der Waals surface area contributed by atoms with Crippen molar-refractivity contribution in [2.75, 3.05) is 0 Å². The summed E-state index contributed by atoms with van der Waals surface area (Å²) < 4.78 is 7.51. The van der Waals surface area contributed by atoms with Crippen molar-refractivity contribution in [1.82, 2.24) is 24.1 Å². The molecule has 0 aliphatic carbocycles. The van der Waals surface area contributed by atoms with Crippen LogP contribution in [0.1, 0.15) is 0 Å². The average molecular weight is 746 g/mol. The minimum Gasteiger partial charge on any atom is -0.309 e. The lowest BCUT2D eigenvalue weighted by molar-refractivity contribution is 1.07. The molecule has 0 fully saturated rings. The van der Waals surface area contributed by atoms with E-state index in [0.717, 1.165) is 33.4 Å². The fourth-order valence-electron chi connectivity index (χ4n) is 8.64. The maximum Gasteiger partial charge on any atom is 0.164 e. The number of benzene rings is 8. The van der Waals surface area contributed by atoms with Crippen LogP contribution in [0.3, 0.4) is 0 Å². The van der Waals surface area contributed by atoms with Gasteiger partial charge in [-0.2, -0.15) is 0 Å². The minimum atomic E-state index is 0.637. The molecule has 0 atom stereocenters. The lowest BCUT2D eigenvalue weighted by Crippen LogP contribution is -2.00. The molecule has 6 heteroatoms. The number of fused-ring (bicyclic) bond motifs is 10. The Balaban J connectivity index is 1.08. The van der Waals surface area contributed by atoms with Crippen LogP contribution >= 0.6 is 11.3 Å². The molecule has 5 nitrogen and oxygen atoms in total. The molecule has 0 aliphatic heterocycles. The number of nitrogens with zero attached hydrogens (tertiary/aromatic N) is 5. The van der Waals surface area contributed by atoms with Gasteiger partial charge in [-0.15, -0.1) is 11.3 Å². The number of thiophene rings is 1. The third kappa shape index (κ3) is 4.91. The quantitative estimate of drug-likeness (QED) is 0.176. The van der Waals surface area contributed by atoms with E-state index in [1.54, 1.807) is 0 Å².